The van der Waals surface area contributed by atoms with E-state index in [0.29, 0.717) is 41.5 Å². The van der Waals surface area contributed by atoms with E-state index in [-0.39, 0.29) is 11.8 Å². The molecule has 0 spiro atoms. The molecule has 0 fully saturated rings. The van der Waals surface area contributed by atoms with E-state index in [9.17, 15) is 9.59 Å². The monoisotopic (exact) mass is 370 g/mol. The molecule has 2 aromatic rings. The summed E-state index contributed by atoms with van der Waals surface area (Å²) in [4.78, 5) is 23.5. The van der Waals surface area contributed by atoms with Crippen molar-refractivity contribution in [3.63, 3.8) is 0 Å². The maximum Gasteiger partial charge on any atom is 0.252 e. The lowest BCUT2D eigenvalue weighted by Crippen LogP contribution is -2.27. The molecule has 2 amide bonds. The van der Waals surface area contributed by atoms with Crippen LogP contribution in [0.4, 0.5) is 0 Å². The van der Waals surface area contributed by atoms with Crippen LogP contribution in [-0.2, 0) is 11.3 Å². The van der Waals surface area contributed by atoms with Crippen LogP contribution in [0.25, 0.3) is 0 Å². The highest BCUT2D eigenvalue weighted by Gasteiger charge is 2.07. The van der Waals surface area contributed by atoms with Gasteiger partial charge in [-0.1, -0.05) is 29.3 Å². The number of amides is 2. The summed E-state index contributed by atoms with van der Waals surface area (Å²) in [6, 6.07) is 6.92. The number of halogens is 2. The Labute approximate surface area is 148 Å². The molecule has 1 aromatic carbocycles. The molecule has 0 aliphatic carbocycles. The fourth-order valence-electron chi connectivity index (χ4n) is 1.89. The van der Waals surface area contributed by atoms with Crippen LogP contribution in [0.3, 0.4) is 0 Å². The number of carbonyl (C=O) groups is 2. The second-order valence-electron chi connectivity index (χ2n) is 4.88. The average molecular weight is 371 g/mol. The Hall–Kier alpha value is -1.56. The summed E-state index contributed by atoms with van der Waals surface area (Å²) in [5.74, 6) is -0.194. The second-order valence-corrected chi connectivity index (χ2v) is 6.51. The number of thiophene rings is 1. The largest absolute Gasteiger partial charge is 0.352 e. The molecule has 2 rings (SSSR count). The van der Waals surface area contributed by atoms with Crippen LogP contribution < -0.4 is 10.6 Å². The zero-order valence-corrected chi connectivity index (χ0v) is 14.6. The molecule has 1 aromatic heterocycles. The maximum absolute atomic E-state index is 11.8. The summed E-state index contributed by atoms with van der Waals surface area (Å²) in [6.07, 6.45) is 0.922. The van der Waals surface area contributed by atoms with E-state index in [1.54, 1.807) is 29.6 Å². The molecule has 4 nitrogen and oxygen atoms in total. The summed E-state index contributed by atoms with van der Waals surface area (Å²) in [7, 11) is 0. The first-order valence-electron chi connectivity index (χ1n) is 7.07. The van der Waals surface area contributed by atoms with Gasteiger partial charge < -0.3 is 10.6 Å². The van der Waals surface area contributed by atoms with Crippen molar-refractivity contribution in [2.45, 2.75) is 19.4 Å². The van der Waals surface area contributed by atoms with Gasteiger partial charge in [-0.25, -0.2) is 0 Å². The van der Waals surface area contributed by atoms with Gasteiger partial charge in [0.1, 0.15) is 0 Å². The summed E-state index contributed by atoms with van der Waals surface area (Å²) in [5, 5.41) is 10.3. The molecule has 0 saturated heterocycles. The van der Waals surface area contributed by atoms with Gasteiger partial charge >= 0.3 is 0 Å². The van der Waals surface area contributed by atoms with Crippen LogP contribution in [-0.4, -0.2) is 18.4 Å². The van der Waals surface area contributed by atoms with Crippen LogP contribution in [0.15, 0.2) is 35.0 Å². The van der Waals surface area contributed by atoms with E-state index in [1.807, 2.05) is 5.38 Å². The van der Waals surface area contributed by atoms with E-state index in [2.05, 4.69) is 10.6 Å². The number of hydrogen-bond acceptors (Lipinski definition) is 3. The molecule has 0 unspecified atom stereocenters. The number of hydrogen-bond donors (Lipinski definition) is 2. The molecular formula is C16H16Cl2N2O2S. The summed E-state index contributed by atoms with van der Waals surface area (Å²) >= 11 is 13.3. The van der Waals surface area contributed by atoms with Crippen molar-refractivity contribution < 1.29 is 9.59 Å². The molecule has 0 aliphatic rings. The van der Waals surface area contributed by atoms with E-state index in [0.717, 1.165) is 5.56 Å². The third-order valence-corrected chi connectivity index (χ3v) is 4.41. The van der Waals surface area contributed by atoms with Crippen molar-refractivity contribution in [3.05, 3.63) is 56.2 Å². The predicted molar refractivity (Wildman–Crippen MR) is 94.2 cm³/mol. The van der Waals surface area contributed by atoms with Crippen LogP contribution >= 0.6 is 34.5 Å². The molecule has 0 bridgehead atoms. The molecule has 122 valence electrons. The molecular weight excluding hydrogens is 355 g/mol. The first-order valence-corrected chi connectivity index (χ1v) is 8.77. The molecule has 1 heterocycles. The number of benzene rings is 1. The van der Waals surface area contributed by atoms with Gasteiger partial charge in [0.25, 0.3) is 5.91 Å². The van der Waals surface area contributed by atoms with E-state index in [1.165, 1.54) is 11.3 Å². The summed E-state index contributed by atoms with van der Waals surface area (Å²) in [5.41, 5.74) is 1.46. The molecule has 0 saturated carbocycles. The van der Waals surface area contributed by atoms with Crippen LogP contribution in [0, 0.1) is 0 Å². The molecule has 0 aliphatic heterocycles. The highest BCUT2D eigenvalue weighted by Crippen LogP contribution is 2.20. The Morgan fingerprint density at radius 2 is 1.96 bits per heavy atom. The van der Waals surface area contributed by atoms with Crippen molar-refractivity contribution in [1.29, 1.82) is 0 Å². The van der Waals surface area contributed by atoms with Gasteiger partial charge in [-0.05, 0) is 35.6 Å². The SMILES string of the molecule is O=C(CCCNC(=O)c1ccsc1)NCc1ccc(Cl)cc1Cl. The van der Waals surface area contributed by atoms with Crippen molar-refractivity contribution >= 4 is 46.4 Å². The van der Waals surface area contributed by atoms with Crippen LogP contribution in [0.5, 0.6) is 0 Å². The van der Waals surface area contributed by atoms with Crippen molar-refractivity contribution in [2.75, 3.05) is 6.54 Å². The smallest absolute Gasteiger partial charge is 0.252 e. The zero-order chi connectivity index (χ0) is 16.7. The minimum atomic E-state index is -0.111. The van der Waals surface area contributed by atoms with Gasteiger partial charge in [0.15, 0.2) is 0 Å². The lowest BCUT2D eigenvalue weighted by molar-refractivity contribution is -0.121. The highest BCUT2D eigenvalue weighted by molar-refractivity contribution is 7.08. The Morgan fingerprint density at radius 1 is 1.13 bits per heavy atom. The van der Waals surface area contributed by atoms with E-state index in [4.69, 9.17) is 23.2 Å². The topological polar surface area (TPSA) is 58.2 Å². The van der Waals surface area contributed by atoms with Gasteiger partial charge in [-0.2, -0.15) is 11.3 Å². The summed E-state index contributed by atoms with van der Waals surface area (Å²) < 4.78 is 0. The van der Waals surface area contributed by atoms with E-state index >= 15 is 0 Å². The van der Waals surface area contributed by atoms with Gasteiger partial charge in [0.2, 0.25) is 5.91 Å². The Kier molecular flexibility index (Phi) is 6.89. The van der Waals surface area contributed by atoms with Crippen molar-refractivity contribution in [2.24, 2.45) is 0 Å². The van der Waals surface area contributed by atoms with Crippen molar-refractivity contribution in [3.8, 4) is 0 Å². The van der Waals surface area contributed by atoms with Crippen LogP contribution in [0.2, 0.25) is 10.0 Å². The fraction of sp³-hybridized carbons (Fsp3) is 0.250. The minimum absolute atomic E-state index is 0.0826. The molecule has 0 atom stereocenters. The quantitative estimate of drug-likeness (QED) is 0.726. The summed E-state index contributed by atoms with van der Waals surface area (Å²) in [6.45, 7) is 0.819. The maximum atomic E-state index is 11.8. The number of rotatable bonds is 7. The van der Waals surface area contributed by atoms with Gasteiger partial charge in [0.05, 0.1) is 0 Å². The standard InChI is InChI=1S/C16H16Cl2N2O2S/c17-13-4-3-11(14(18)8-13)9-20-15(21)2-1-6-19-16(22)12-5-7-23-10-12/h3-5,7-8,10H,1-2,6,9H2,(H,19,22)(H,20,21). The van der Waals surface area contributed by atoms with Gasteiger partial charge in [0, 0.05) is 40.5 Å². The zero-order valence-electron chi connectivity index (χ0n) is 12.3. The van der Waals surface area contributed by atoms with E-state index < -0.39 is 0 Å². The van der Waals surface area contributed by atoms with Crippen molar-refractivity contribution in [1.82, 2.24) is 10.6 Å². The Balaban J connectivity index is 1.64. The molecule has 7 heteroatoms. The molecule has 2 N–H and O–H groups in total. The first kappa shape index (κ1) is 17.8. The minimum Gasteiger partial charge on any atom is -0.352 e. The highest BCUT2D eigenvalue weighted by atomic mass is 35.5. The third-order valence-electron chi connectivity index (χ3n) is 3.14. The molecule has 23 heavy (non-hydrogen) atoms. The lowest BCUT2D eigenvalue weighted by Gasteiger charge is -2.08. The Morgan fingerprint density at radius 3 is 2.65 bits per heavy atom. The normalized spacial score (nSPS) is 10.3. The second kappa shape index (κ2) is 8.91. The van der Waals surface area contributed by atoms with Gasteiger partial charge in [-0.3, -0.25) is 9.59 Å². The number of carbonyl (C=O) groups excluding carboxylic acids is 2. The average Bonchev–Trinajstić information content (AvgIpc) is 3.05. The lowest BCUT2D eigenvalue weighted by atomic mass is 10.2. The fourth-order valence-corrected chi connectivity index (χ4v) is 3.01. The van der Waals surface area contributed by atoms with Crippen LogP contribution in [0.1, 0.15) is 28.8 Å². The first-order chi connectivity index (χ1) is 11.1. The van der Waals surface area contributed by atoms with Gasteiger partial charge in [-0.15, -0.1) is 0 Å². The Bertz CT molecular complexity index is 675. The third kappa shape index (κ3) is 5.86. The molecule has 0 radical (unpaired) electrons. The predicted octanol–water partition coefficient (Wildman–Crippen LogP) is 3.88. The number of nitrogens with one attached hydrogen (secondary N) is 2.